The minimum absolute atomic E-state index is 0.0293. The number of rotatable bonds is 7. The van der Waals surface area contributed by atoms with E-state index in [0.717, 1.165) is 0 Å². The van der Waals surface area contributed by atoms with E-state index in [-0.39, 0.29) is 22.9 Å². The number of nitro benzene ring substituents is 1. The second-order valence-electron chi connectivity index (χ2n) is 6.65. The van der Waals surface area contributed by atoms with Crippen LogP contribution in [-0.2, 0) is 11.4 Å². The first-order chi connectivity index (χ1) is 15.8. The molecule has 33 heavy (non-hydrogen) atoms. The molecule has 0 aliphatic heterocycles. The number of carbonyl (C=O) groups is 1. The molecular weight excluding hydrogens is 489 g/mol. The number of amides is 1. The van der Waals surface area contributed by atoms with Crippen molar-refractivity contribution in [1.29, 1.82) is 5.26 Å². The van der Waals surface area contributed by atoms with Crippen LogP contribution in [0.3, 0.4) is 0 Å². The molecule has 3 rings (SSSR count). The first kappa shape index (κ1) is 24.1. The zero-order valence-electron chi connectivity index (χ0n) is 16.7. The van der Waals surface area contributed by atoms with Crippen molar-refractivity contribution in [3.8, 4) is 11.8 Å². The molecule has 10 heteroatoms. The summed E-state index contributed by atoms with van der Waals surface area (Å²) >= 11 is 17.9. The van der Waals surface area contributed by atoms with Gasteiger partial charge in [-0.2, -0.15) is 5.26 Å². The van der Waals surface area contributed by atoms with Gasteiger partial charge in [-0.1, -0.05) is 46.9 Å². The Morgan fingerprint density at radius 1 is 1.09 bits per heavy atom. The molecular formula is C23H14Cl3N3O4. The molecule has 1 amide bonds. The van der Waals surface area contributed by atoms with Crippen molar-refractivity contribution >= 4 is 58.2 Å². The number of benzene rings is 3. The van der Waals surface area contributed by atoms with Gasteiger partial charge >= 0.3 is 0 Å². The third kappa shape index (κ3) is 6.46. The Bertz CT molecular complexity index is 1300. The molecule has 0 aromatic heterocycles. The zero-order valence-corrected chi connectivity index (χ0v) is 19.0. The minimum Gasteiger partial charge on any atom is -0.488 e. The molecule has 0 spiro atoms. The van der Waals surface area contributed by atoms with Crippen LogP contribution in [-0.4, -0.2) is 10.8 Å². The van der Waals surface area contributed by atoms with Crippen LogP contribution in [0, 0.1) is 21.4 Å². The van der Waals surface area contributed by atoms with Crippen LogP contribution in [0.2, 0.25) is 15.1 Å². The van der Waals surface area contributed by atoms with Crippen molar-refractivity contribution < 1.29 is 14.5 Å². The lowest BCUT2D eigenvalue weighted by atomic mass is 10.1. The normalized spacial score (nSPS) is 10.9. The van der Waals surface area contributed by atoms with Gasteiger partial charge in [-0.15, -0.1) is 0 Å². The van der Waals surface area contributed by atoms with Crippen molar-refractivity contribution in [2.45, 2.75) is 6.61 Å². The van der Waals surface area contributed by atoms with E-state index >= 15 is 0 Å². The summed E-state index contributed by atoms with van der Waals surface area (Å²) in [6.45, 7) is 0.0293. The zero-order chi connectivity index (χ0) is 24.0. The topological polar surface area (TPSA) is 105 Å². The molecule has 7 nitrogen and oxygen atoms in total. The molecule has 3 aromatic rings. The Morgan fingerprint density at radius 2 is 1.88 bits per heavy atom. The molecule has 0 heterocycles. The van der Waals surface area contributed by atoms with Gasteiger partial charge in [0, 0.05) is 28.4 Å². The number of carbonyl (C=O) groups excluding carboxylic acids is 1. The van der Waals surface area contributed by atoms with Crippen LogP contribution in [0.15, 0.2) is 66.2 Å². The second kappa shape index (κ2) is 10.8. The Morgan fingerprint density at radius 3 is 2.58 bits per heavy atom. The highest BCUT2D eigenvalue weighted by Crippen LogP contribution is 2.28. The number of nitrogens with zero attached hydrogens (tertiary/aromatic N) is 2. The van der Waals surface area contributed by atoms with Gasteiger partial charge in [-0.3, -0.25) is 14.9 Å². The van der Waals surface area contributed by atoms with Crippen LogP contribution >= 0.6 is 34.8 Å². The number of ether oxygens (including phenoxy) is 1. The Labute approximate surface area is 203 Å². The highest BCUT2D eigenvalue weighted by Gasteiger charge is 2.13. The lowest BCUT2D eigenvalue weighted by Gasteiger charge is -2.11. The van der Waals surface area contributed by atoms with E-state index in [4.69, 9.17) is 39.5 Å². The molecule has 0 bridgehead atoms. The van der Waals surface area contributed by atoms with Crippen LogP contribution in [0.5, 0.6) is 5.75 Å². The van der Waals surface area contributed by atoms with Crippen molar-refractivity contribution in [2.24, 2.45) is 0 Å². The highest BCUT2D eigenvalue weighted by atomic mass is 35.5. The maximum absolute atomic E-state index is 12.6. The predicted octanol–water partition coefficient (Wildman–Crippen LogP) is 6.68. The number of halogens is 3. The molecule has 0 atom stereocenters. The Kier molecular flexibility index (Phi) is 7.91. The highest BCUT2D eigenvalue weighted by molar-refractivity contribution is 6.42. The van der Waals surface area contributed by atoms with Crippen LogP contribution in [0.4, 0.5) is 11.4 Å². The minimum atomic E-state index is -0.666. The molecule has 1 N–H and O–H groups in total. The summed E-state index contributed by atoms with van der Waals surface area (Å²) in [5.74, 6) is -0.332. The predicted molar refractivity (Wildman–Crippen MR) is 128 cm³/mol. The van der Waals surface area contributed by atoms with Crippen molar-refractivity contribution in [2.75, 3.05) is 5.32 Å². The number of hydrogen-bond donors (Lipinski definition) is 1. The molecule has 0 radical (unpaired) electrons. The molecule has 3 aromatic carbocycles. The quantitative estimate of drug-likeness (QED) is 0.168. The summed E-state index contributed by atoms with van der Waals surface area (Å²) in [7, 11) is 0. The van der Waals surface area contributed by atoms with Crippen LogP contribution in [0.25, 0.3) is 6.08 Å². The number of anilines is 1. The van der Waals surface area contributed by atoms with E-state index in [2.05, 4.69) is 5.32 Å². The van der Waals surface area contributed by atoms with E-state index in [9.17, 15) is 20.2 Å². The van der Waals surface area contributed by atoms with Gasteiger partial charge in [0.25, 0.3) is 11.6 Å². The molecule has 0 aliphatic carbocycles. The van der Waals surface area contributed by atoms with Gasteiger partial charge in [0.05, 0.1) is 15.0 Å². The number of nitrogens with one attached hydrogen (secondary N) is 1. The van der Waals surface area contributed by atoms with Crippen LogP contribution in [0.1, 0.15) is 11.1 Å². The lowest BCUT2D eigenvalue weighted by molar-refractivity contribution is -0.384. The Hall–Kier alpha value is -3.57. The maximum Gasteiger partial charge on any atom is 0.269 e. The average molecular weight is 503 g/mol. The smallest absolute Gasteiger partial charge is 0.269 e. The summed E-state index contributed by atoms with van der Waals surface area (Å²) in [6.07, 6.45) is 1.33. The van der Waals surface area contributed by atoms with Gasteiger partial charge < -0.3 is 10.1 Å². The molecule has 0 saturated heterocycles. The summed E-state index contributed by atoms with van der Waals surface area (Å²) < 4.78 is 5.79. The van der Waals surface area contributed by atoms with Crippen molar-refractivity contribution in [1.82, 2.24) is 0 Å². The summed E-state index contributed by atoms with van der Waals surface area (Å²) in [6, 6.07) is 17.1. The van der Waals surface area contributed by atoms with Gasteiger partial charge in [0.15, 0.2) is 0 Å². The number of hydrogen-bond acceptors (Lipinski definition) is 5. The number of non-ortho nitro benzene ring substituents is 1. The van der Waals surface area contributed by atoms with E-state index in [1.54, 1.807) is 30.3 Å². The molecule has 0 fully saturated rings. The SMILES string of the molecule is N#C/C(=C\c1cc(Cl)ccc1OCc1cccc([N+](=O)[O-])c1)C(=O)Nc1ccc(Cl)c(Cl)c1. The van der Waals surface area contributed by atoms with Crippen LogP contribution < -0.4 is 10.1 Å². The fraction of sp³-hybridized carbons (Fsp3) is 0.0435. The van der Waals surface area contributed by atoms with Gasteiger partial charge in [-0.05, 0) is 48.0 Å². The Balaban J connectivity index is 1.83. The summed E-state index contributed by atoms with van der Waals surface area (Å²) in [5.41, 5.74) is 1.06. The van der Waals surface area contributed by atoms with E-state index in [0.29, 0.717) is 32.6 Å². The van der Waals surface area contributed by atoms with Crippen molar-refractivity contribution in [3.05, 3.63) is 103 Å². The largest absolute Gasteiger partial charge is 0.488 e. The number of nitriles is 1. The standard InChI is InChI=1S/C23H14Cl3N3O4/c24-17-4-7-22(33-13-14-2-1-3-19(8-14)29(31)32)15(10-17)9-16(12-27)23(30)28-18-5-6-20(25)21(26)11-18/h1-11H,13H2,(H,28,30)/b16-9+. The summed E-state index contributed by atoms with van der Waals surface area (Å²) in [4.78, 5) is 23.1. The first-order valence-corrected chi connectivity index (χ1v) is 10.4. The third-order valence-corrected chi connectivity index (χ3v) is 5.30. The summed E-state index contributed by atoms with van der Waals surface area (Å²) in [5, 5.41) is 24.0. The van der Waals surface area contributed by atoms with E-state index < -0.39 is 10.8 Å². The fourth-order valence-corrected chi connectivity index (χ4v) is 3.24. The second-order valence-corrected chi connectivity index (χ2v) is 7.90. The van der Waals surface area contributed by atoms with E-state index in [1.807, 2.05) is 6.07 Å². The van der Waals surface area contributed by atoms with Gasteiger partial charge in [-0.25, -0.2) is 0 Å². The molecule has 0 aliphatic rings. The van der Waals surface area contributed by atoms with Gasteiger partial charge in [0.2, 0.25) is 0 Å². The molecule has 0 saturated carbocycles. The third-order valence-electron chi connectivity index (χ3n) is 4.33. The molecule has 166 valence electrons. The monoisotopic (exact) mass is 501 g/mol. The average Bonchev–Trinajstić information content (AvgIpc) is 2.79. The fourth-order valence-electron chi connectivity index (χ4n) is 2.76. The van der Waals surface area contributed by atoms with Crippen molar-refractivity contribution in [3.63, 3.8) is 0 Å². The number of nitro groups is 1. The first-order valence-electron chi connectivity index (χ1n) is 9.30. The van der Waals surface area contributed by atoms with E-state index in [1.165, 1.54) is 36.4 Å². The maximum atomic E-state index is 12.6. The van der Waals surface area contributed by atoms with Gasteiger partial charge in [0.1, 0.15) is 24.0 Å². The lowest BCUT2D eigenvalue weighted by Crippen LogP contribution is -2.13. The molecule has 0 unspecified atom stereocenters.